The molecule has 2 aromatic rings. The first kappa shape index (κ1) is 22.9. The Bertz CT molecular complexity index is 1050. The van der Waals surface area contributed by atoms with Crippen LogP contribution in [0.15, 0.2) is 54.6 Å². The largest absolute Gasteiger partial charge is 0.379 e. The highest BCUT2D eigenvalue weighted by molar-refractivity contribution is 5.84. The molecule has 180 valence electrons. The Morgan fingerprint density at radius 3 is 2.62 bits per heavy atom. The Labute approximate surface area is 201 Å². The molecule has 0 bridgehead atoms. The summed E-state index contributed by atoms with van der Waals surface area (Å²) in [6, 6.07) is 17.7. The Hall–Kier alpha value is -2.90. The highest BCUT2D eigenvalue weighted by Crippen LogP contribution is 2.43. The lowest BCUT2D eigenvalue weighted by Gasteiger charge is -2.52. The van der Waals surface area contributed by atoms with E-state index in [4.69, 9.17) is 9.47 Å². The summed E-state index contributed by atoms with van der Waals surface area (Å²) in [5.41, 5.74) is 2.24. The number of likely N-dealkylation sites (tertiary alicyclic amines) is 1. The minimum atomic E-state index is -1.11. The van der Waals surface area contributed by atoms with Crippen molar-refractivity contribution in [1.82, 2.24) is 15.1 Å². The molecule has 5 rings (SSSR count). The Balaban J connectivity index is 1.43. The molecule has 0 unspecified atom stereocenters. The van der Waals surface area contributed by atoms with Gasteiger partial charge in [-0.2, -0.15) is 0 Å². The van der Waals surface area contributed by atoms with Crippen molar-refractivity contribution in [3.8, 4) is 0 Å². The second-order valence-electron chi connectivity index (χ2n) is 9.50. The van der Waals surface area contributed by atoms with Gasteiger partial charge in [-0.1, -0.05) is 54.6 Å². The second kappa shape index (κ2) is 9.39. The van der Waals surface area contributed by atoms with Crippen LogP contribution < -0.4 is 5.32 Å². The summed E-state index contributed by atoms with van der Waals surface area (Å²) in [4.78, 5) is 31.2. The number of hydrogen-bond donors (Lipinski definition) is 1. The first-order chi connectivity index (χ1) is 16.6. The first-order valence-electron chi connectivity index (χ1n) is 12.1. The number of hydrogen-bond acceptors (Lipinski definition) is 4. The van der Waals surface area contributed by atoms with Crippen molar-refractivity contribution in [2.45, 2.75) is 43.5 Å². The zero-order valence-electron chi connectivity index (χ0n) is 19.9. The van der Waals surface area contributed by atoms with E-state index in [-0.39, 0.29) is 36.5 Å². The monoisotopic (exact) mass is 463 g/mol. The number of piperidine rings is 2. The van der Waals surface area contributed by atoms with E-state index < -0.39 is 5.72 Å². The summed E-state index contributed by atoms with van der Waals surface area (Å²) in [5.74, 6) is 0.0308. The smallest absolute Gasteiger partial charge is 0.320 e. The number of urea groups is 1. The molecule has 2 fully saturated rings. The fourth-order valence-electron chi connectivity index (χ4n) is 6.07. The van der Waals surface area contributed by atoms with Gasteiger partial charge in [0.1, 0.15) is 0 Å². The molecule has 0 aliphatic carbocycles. The van der Waals surface area contributed by atoms with Gasteiger partial charge in [-0.05, 0) is 36.8 Å². The molecule has 7 nitrogen and oxygen atoms in total. The topological polar surface area (TPSA) is 71.1 Å². The van der Waals surface area contributed by atoms with Gasteiger partial charge >= 0.3 is 6.03 Å². The van der Waals surface area contributed by atoms with Gasteiger partial charge in [-0.3, -0.25) is 4.79 Å². The molecule has 3 aliphatic rings. The number of rotatable bonds is 5. The van der Waals surface area contributed by atoms with Crippen LogP contribution in [-0.2, 0) is 26.4 Å². The molecule has 0 spiro atoms. The van der Waals surface area contributed by atoms with E-state index in [0.29, 0.717) is 6.54 Å². The Morgan fingerprint density at radius 2 is 1.85 bits per heavy atom. The normalized spacial score (nSPS) is 25.6. The van der Waals surface area contributed by atoms with Crippen LogP contribution in [0, 0.1) is 5.92 Å². The predicted octanol–water partition coefficient (Wildman–Crippen LogP) is 3.45. The maximum atomic E-state index is 13.7. The molecule has 0 aromatic heterocycles. The van der Waals surface area contributed by atoms with Crippen LogP contribution in [0.3, 0.4) is 0 Å². The summed E-state index contributed by atoms with van der Waals surface area (Å²) >= 11 is 0. The number of methoxy groups -OCH3 is 2. The number of nitrogens with zero attached hydrogens (tertiary/aromatic N) is 2. The van der Waals surface area contributed by atoms with Crippen molar-refractivity contribution in [2.75, 3.05) is 33.9 Å². The molecule has 4 atom stereocenters. The van der Waals surface area contributed by atoms with Crippen LogP contribution in [0.25, 0.3) is 0 Å². The number of nitrogens with one attached hydrogen (secondary N) is 1. The molecular weight excluding hydrogens is 430 g/mol. The van der Waals surface area contributed by atoms with E-state index in [2.05, 4.69) is 28.4 Å². The molecule has 0 radical (unpaired) electrons. The van der Waals surface area contributed by atoms with Crippen LogP contribution in [-0.4, -0.2) is 61.7 Å². The highest BCUT2D eigenvalue weighted by Gasteiger charge is 2.49. The van der Waals surface area contributed by atoms with Gasteiger partial charge in [0.15, 0.2) is 5.72 Å². The van der Waals surface area contributed by atoms with Crippen molar-refractivity contribution >= 4 is 11.9 Å². The molecule has 34 heavy (non-hydrogen) atoms. The van der Waals surface area contributed by atoms with Crippen molar-refractivity contribution in [3.05, 3.63) is 71.3 Å². The molecule has 1 N–H and O–H groups in total. The molecule has 0 saturated carbocycles. The van der Waals surface area contributed by atoms with Crippen LogP contribution >= 0.6 is 0 Å². The standard InChI is InChI=1S/C27H33N3O4/c1-33-18-27(34-2,20-10-4-3-5-11-20)28-26(32)30-15-8-13-22-24(30)17-23-21-12-7-6-9-19(21)14-16-29(23)25(22)31/h3-7,9-12,22-24H,8,13-18H2,1-2H3,(H,28,32)/t22-,23-,24-,27+/m1/s1. The fraction of sp³-hybridized carbons (Fsp3) is 0.481. The first-order valence-corrected chi connectivity index (χ1v) is 12.1. The van der Waals surface area contributed by atoms with Gasteiger partial charge in [0.2, 0.25) is 5.91 Å². The number of benzene rings is 2. The van der Waals surface area contributed by atoms with Crippen molar-refractivity contribution in [3.63, 3.8) is 0 Å². The minimum Gasteiger partial charge on any atom is -0.379 e. The van der Waals surface area contributed by atoms with Gasteiger partial charge < -0.3 is 24.6 Å². The lowest BCUT2D eigenvalue weighted by atomic mass is 9.76. The van der Waals surface area contributed by atoms with E-state index in [9.17, 15) is 9.59 Å². The lowest BCUT2D eigenvalue weighted by molar-refractivity contribution is -0.148. The third-order valence-electron chi connectivity index (χ3n) is 7.76. The van der Waals surface area contributed by atoms with Gasteiger partial charge in [-0.15, -0.1) is 0 Å². The molecular formula is C27H33N3O4. The van der Waals surface area contributed by atoms with E-state index in [1.165, 1.54) is 11.1 Å². The second-order valence-corrected chi connectivity index (χ2v) is 9.50. The number of carbonyl (C=O) groups excluding carboxylic acids is 2. The number of amides is 3. The maximum absolute atomic E-state index is 13.7. The Kier molecular flexibility index (Phi) is 6.32. The summed E-state index contributed by atoms with van der Waals surface area (Å²) in [6.07, 6.45) is 3.29. The third kappa shape index (κ3) is 3.87. The summed E-state index contributed by atoms with van der Waals surface area (Å²) in [5, 5.41) is 3.12. The maximum Gasteiger partial charge on any atom is 0.320 e. The van der Waals surface area contributed by atoms with Gasteiger partial charge in [-0.25, -0.2) is 4.79 Å². The van der Waals surface area contributed by atoms with E-state index in [1.807, 2.05) is 41.3 Å². The quantitative estimate of drug-likeness (QED) is 0.690. The number of carbonyl (C=O) groups is 2. The van der Waals surface area contributed by atoms with Crippen molar-refractivity contribution < 1.29 is 19.1 Å². The van der Waals surface area contributed by atoms with Crippen LogP contribution in [0.2, 0.25) is 0 Å². The fourth-order valence-corrected chi connectivity index (χ4v) is 6.07. The SMILES string of the molecule is COC[C@](NC(=O)N1CCC[C@H]2C(=O)N3CCc4ccccc4[C@H]3C[C@H]21)(OC)c1ccccc1. The van der Waals surface area contributed by atoms with Crippen molar-refractivity contribution in [1.29, 1.82) is 0 Å². The molecule has 2 saturated heterocycles. The number of ether oxygens (including phenoxy) is 2. The minimum absolute atomic E-state index is 0.0207. The zero-order chi connectivity index (χ0) is 23.7. The van der Waals surface area contributed by atoms with E-state index in [0.717, 1.165) is 37.8 Å². The average Bonchev–Trinajstić information content (AvgIpc) is 2.88. The molecule has 2 aromatic carbocycles. The van der Waals surface area contributed by atoms with Crippen LogP contribution in [0.4, 0.5) is 4.79 Å². The Morgan fingerprint density at radius 1 is 1.09 bits per heavy atom. The third-order valence-corrected chi connectivity index (χ3v) is 7.76. The molecule has 3 aliphatic heterocycles. The number of fused-ring (bicyclic) bond motifs is 4. The average molecular weight is 464 g/mol. The van der Waals surface area contributed by atoms with Gasteiger partial charge in [0, 0.05) is 38.9 Å². The zero-order valence-corrected chi connectivity index (χ0v) is 19.9. The molecule has 3 amide bonds. The van der Waals surface area contributed by atoms with Crippen LogP contribution in [0.5, 0.6) is 0 Å². The summed E-state index contributed by atoms with van der Waals surface area (Å²) in [7, 11) is 3.17. The molecule has 3 heterocycles. The highest BCUT2D eigenvalue weighted by atomic mass is 16.5. The predicted molar refractivity (Wildman–Crippen MR) is 128 cm³/mol. The lowest BCUT2D eigenvalue weighted by Crippen LogP contribution is -2.63. The summed E-state index contributed by atoms with van der Waals surface area (Å²) in [6.45, 7) is 1.55. The van der Waals surface area contributed by atoms with Gasteiger partial charge in [0.25, 0.3) is 0 Å². The van der Waals surface area contributed by atoms with Gasteiger partial charge in [0.05, 0.1) is 18.6 Å². The van der Waals surface area contributed by atoms with E-state index in [1.54, 1.807) is 14.2 Å². The summed E-state index contributed by atoms with van der Waals surface area (Å²) < 4.78 is 11.3. The molecule has 7 heteroatoms. The van der Waals surface area contributed by atoms with E-state index >= 15 is 0 Å². The van der Waals surface area contributed by atoms with Crippen LogP contribution in [0.1, 0.15) is 42.0 Å². The van der Waals surface area contributed by atoms with Crippen molar-refractivity contribution in [2.24, 2.45) is 5.92 Å².